The summed E-state index contributed by atoms with van der Waals surface area (Å²) < 4.78 is 5.20. The van der Waals surface area contributed by atoms with Gasteiger partial charge >= 0.3 is 0 Å². The highest BCUT2D eigenvalue weighted by atomic mass is 127. The molecule has 2 aromatic rings. The molecule has 5 nitrogen and oxygen atoms in total. The molecule has 0 aliphatic carbocycles. The summed E-state index contributed by atoms with van der Waals surface area (Å²) in [6.45, 7) is 6.24. The molecule has 1 heterocycles. The third-order valence-electron chi connectivity index (χ3n) is 4.48. The first-order valence-corrected chi connectivity index (χ1v) is 9.42. The number of ether oxygens (including phenoxy) is 1. The monoisotopic (exact) mass is 492 g/mol. The fraction of sp³-hybridized carbons (Fsp3) is 0.318. The van der Waals surface area contributed by atoms with Crippen LogP contribution in [0.1, 0.15) is 18.1 Å². The molecule has 1 aliphatic heterocycles. The van der Waals surface area contributed by atoms with Crippen molar-refractivity contribution >= 4 is 35.6 Å². The van der Waals surface area contributed by atoms with Crippen molar-refractivity contribution in [1.82, 2.24) is 10.6 Å². The van der Waals surface area contributed by atoms with Gasteiger partial charge in [0.05, 0.1) is 13.7 Å². The van der Waals surface area contributed by atoms with Crippen LogP contribution in [-0.2, 0) is 13.1 Å². The molecule has 3 rings (SSSR count). The predicted molar refractivity (Wildman–Crippen MR) is 128 cm³/mol. The highest BCUT2D eigenvalue weighted by Crippen LogP contribution is 2.19. The van der Waals surface area contributed by atoms with E-state index in [0.717, 1.165) is 37.9 Å². The van der Waals surface area contributed by atoms with E-state index in [2.05, 4.69) is 71.0 Å². The summed E-state index contributed by atoms with van der Waals surface area (Å²) in [4.78, 5) is 7.08. The summed E-state index contributed by atoms with van der Waals surface area (Å²) in [6.07, 6.45) is 4.41. The Kier molecular flexibility index (Phi) is 9.13. The standard InChI is InChI=1S/C22H28N4O.HI/c1-3-23-22(24-16-18-9-11-21(27-2)12-10-18)25-17-19-7-6-8-20(15-19)26-13-4-5-14-26;/h4-12,15H,3,13-14,16-17H2,1-2H3,(H2,23,24,25);1H. The summed E-state index contributed by atoms with van der Waals surface area (Å²) in [6, 6.07) is 16.7. The van der Waals surface area contributed by atoms with Gasteiger partial charge in [-0.2, -0.15) is 0 Å². The summed E-state index contributed by atoms with van der Waals surface area (Å²) >= 11 is 0. The van der Waals surface area contributed by atoms with Crippen LogP contribution in [0.2, 0.25) is 0 Å². The number of hydrogen-bond acceptors (Lipinski definition) is 3. The first-order valence-electron chi connectivity index (χ1n) is 9.42. The van der Waals surface area contributed by atoms with Crippen molar-refractivity contribution < 1.29 is 4.74 Å². The average molecular weight is 492 g/mol. The van der Waals surface area contributed by atoms with Gasteiger partial charge in [-0.15, -0.1) is 24.0 Å². The van der Waals surface area contributed by atoms with Crippen molar-refractivity contribution in [3.63, 3.8) is 0 Å². The molecule has 6 heteroatoms. The number of anilines is 1. The molecule has 0 amide bonds. The van der Waals surface area contributed by atoms with E-state index in [9.17, 15) is 0 Å². The number of hydrogen-bond donors (Lipinski definition) is 2. The summed E-state index contributed by atoms with van der Waals surface area (Å²) in [5.74, 6) is 1.69. The van der Waals surface area contributed by atoms with Crippen molar-refractivity contribution in [3.05, 3.63) is 71.8 Å². The molecular weight excluding hydrogens is 463 g/mol. The number of methoxy groups -OCH3 is 1. The number of guanidine groups is 1. The molecule has 0 bridgehead atoms. The van der Waals surface area contributed by atoms with Crippen LogP contribution in [0.15, 0.2) is 65.7 Å². The second kappa shape index (κ2) is 11.6. The van der Waals surface area contributed by atoms with Gasteiger partial charge in [-0.05, 0) is 42.3 Å². The van der Waals surface area contributed by atoms with Gasteiger partial charge in [-0.3, -0.25) is 0 Å². The highest BCUT2D eigenvalue weighted by molar-refractivity contribution is 14.0. The van der Waals surface area contributed by atoms with Crippen LogP contribution in [0.5, 0.6) is 5.75 Å². The maximum Gasteiger partial charge on any atom is 0.191 e. The van der Waals surface area contributed by atoms with E-state index in [1.165, 1.54) is 16.8 Å². The van der Waals surface area contributed by atoms with Gasteiger partial charge in [0.2, 0.25) is 0 Å². The number of nitrogens with one attached hydrogen (secondary N) is 2. The molecule has 0 saturated heterocycles. The lowest BCUT2D eigenvalue weighted by Gasteiger charge is -2.18. The quantitative estimate of drug-likeness (QED) is 0.266. The molecule has 2 N–H and O–H groups in total. The first-order chi connectivity index (χ1) is 13.3. The summed E-state index contributed by atoms with van der Waals surface area (Å²) in [7, 11) is 1.68. The van der Waals surface area contributed by atoms with E-state index in [4.69, 9.17) is 9.73 Å². The molecule has 0 atom stereocenters. The molecule has 0 radical (unpaired) electrons. The van der Waals surface area contributed by atoms with Crippen LogP contribution in [0.4, 0.5) is 5.69 Å². The fourth-order valence-corrected chi connectivity index (χ4v) is 2.98. The number of nitrogens with zero attached hydrogens (tertiary/aromatic N) is 2. The van der Waals surface area contributed by atoms with E-state index >= 15 is 0 Å². The van der Waals surface area contributed by atoms with Crippen molar-refractivity contribution in [3.8, 4) is 5.75 Å². The Bertz CT molecular complexity index is 781. The third-order valence-corrected chi connectivity index (χ3v) is 4.48. The Labute approximate surface area is 184 Å². The summed E-state index contributed by atoms with van der Waals surface area (Å²) in [5, 5.41) is 6.70. The maximum absolute atomic E-state index is 5.20. The van der Waals surface area contributed by atoms with E-state index in [1.807, 2.05) is 12.1 Å². The van der Waals surface area contributed by atoms with E-state index in [0.29, 0.717) is 6.54 Å². The zero-order chi connectivity index (χ0) is 18.9. The van der Waals surface area contributed by atoms with Crippen molar-refractivity contribution in [1.29, 1.82) is 0 Å². The van der Waals surface area contributed by atoms with Crippen LogP contribution in [-0.4, -0.2) is 32.7 Å². The smallest absolute Gasteiger partial charge is 0.191 e. The topological polar surface area (TPSA) is 48.9 Å². The molecule has 1 aliphatic rings. The van der Waals surface area contributed by atoms with E-state index < -0.39 is 0 Å². The fourth-order valence-electron chi connectivity index (χ4n) is 2.98. The molecule has 0 aromatic heterocycles. The molecule has 0 fully saturated rings. The number of benzene rings is 2. The van der Waals surface area contributed by atoms with Crippen molar-refractivity contribution in [2.75, 3.05) is 31.6 Å². The Balaban J connectivity index is 0.00000280. The van der Waals surface area contributed by atoms with E-state index in [-0.39, 0.29) is 24.0 Å². The molecule has 0 saturated carbocycles. The first kappa shape index (κ1) is 22.1. The number of rotatable bonds is 7. The van der Waals surface area contributed by atoms with Gasteiger partial charge in [0.15, 0.2) is 5.96 Å². The van der Waals surface area contributed by atoms with Gasteiger partial charge in [0.1, 0.15) is 5.75 Å². The predicted octanol–water partition coefficient (Wildman–Crippen LogP) is 3.94. The van der Waals surface area contributed by atoms with Crippen molar-refractivity contribution in [2.45, 2.75) is 20.0 Å². The average Bonchev–Trinajstić information content (AvgIpc) is 3.26. The van der Waals surface area contributed by atoms with Crippen LogP contribution in [0, 0.1) is 0 Å². The molecular formula is C22H29IN4O. The molecule has 150 valence electrons. The maximum atomic E-state index is 5.20. The molecule has 28 heavy (non-hydrogen) atoms. The van der Waals surface area contributed by atoms with Gasteiger partial charge in [-0.1, -0.05) is 36.4 Å². The van der Waals surface area contributed by atoms with Gasteiger partial charge in [0.25, 0.3) is 0 Å². The minimum Gasteiger partial charge on any atom is -0.497 e. The van der Waals surface area contributed by atoms with Gasteiger partial charge in [0, 0.05) is 31.9 Å². The zero-order valence-corrected chi connectivity index (χ0v) is 18.9. The lowest BCUT2D eigenvalue weighted by Crippen LogP contribution is -2.36. The largest absolute Gasteiger partial charge is 0.497 e. The molecule has 0 unspecified atom stereocenters. The van der Waals surface area contributed by atoms with Gasteiger partial charge in [-0.25, -0.2) is 4.99 Å². The van der Waals surface area contributed by atoms with Crippen molar-refractivity contribution in [2.24, 2.45) is 4.99 Å². The number of aliphatic imine (C=N–C) groups is 1. The third kappa shape index (κ3) is 6.44. The van der Waals surface area contributed by atoms with Crippen LogP contribution in [0.3, 0.4) is 0 Å². The number of halogens is 1. The SMILES string of the molecule is CCNC(=NCc1cccc(N2CC=CC2)c1)NCc1ccc(OC)cc1.I. The van der Waals surface area contributed by atoms with Crippen LogP contribution < -0.4 is 20.3 Å². The second-order valence-electron chi connectivity index (χ2n) is 6.44. The Morgan fingerprint density at radius 1 is 1.04 bits per heavy atom. The van der Waals surface area contributed by atoms with Crippen LogP contribution >= 0.6 is 24.0 Å². The van der Waals surface area contributed by atoms with Crippen LogP contribution in [0.25, 0.3) is 0 Å². The van der Waals surface area contributed by atoms with Gasteiger partial charge < -0.3 is 20.3 Å². The lowest BCUT2D eigenvalue weighted by atomic mass is 10.2. The molecule has 0 spiro atoms. The Hall–Kier alpha value is -2.22. The normalized spacial score (nSPS) is 13.2. The second-order valence-corrected chi connectivity index (χ2v) is 6.44. The highest BCUT2D eigenvalue weighted by Gasteiger charge is 2.07. The molecule has 2 aromatic carbocycles. The van der Waals surface area contributed by atoms with E-state index in [1.54, 1.807) is 7.11 Å². The Morgan fingerprint density at radius 3 is 2.46 bits per heavy atom. The summed E-state index contributed by atoms with van der Waals surface area (Å²) in [5.41, 5.74) is 3.65. The zero-order valence-electron chi connectivity index (χ0n) is 16.5. The minimum atomic E-state index is 0. The lowest BCUT2D eigenvalue weighted by molar-refractivity contribution is 0.414. The minimum absolute atomic E-state index is 0. The Morgan fingerprint density at radius 2 is 1.79 bits per heavy atom.